The van der Waals surface area contributed by atoms with Gasteiger partial charge in [-0.1, -0.05) is 37.3 Å². The zero-order chi connectivity index (χ0) is 14.1. The Bertz CT molecular complexity index is 413. The van der Waals surface area contributed by atoms with Gasteiger partial charge in [0.15, 0.2) is 0 Å². The van der Waals surface area contributed by atoms with E-state index in [0.29, 0.717) is 12.5 Å². The van der Waals surface area contributed by atoms with Crippen LogP contribution < -0.4 is 0 Å². The number of nitrogens with zero attached hydrogens (tertiary/aromatic N) is 1. The first-order valence-electron chi connectivity index (χ1n) is 7.06. The Morgan fingerprint density at radius 1 is 1.26 bits per heavy atom. The zero-order valence-electron chi connectivity index (χ0n) is 12.3. The van der Waals surface area contributed by atoms with E-state index >= 15 is 0 Å². The van der Waals surface area contributed by atoms with Crippen LogP contribution in [0.4, 0.5) is 0 Å². The van der Waals surface area contributed by atoms with Crippen LogP contribution in [0.2, 0.25) is 0 Å². The lowest BCUT2D eigenvalue weighted by Gasteiger charge is -2.24. The Hall–Kier alpha value is -1.30. The van der Waals surface area contributed by atoms with Crippen molar-refractivity contribution < 1.29 is 5.11 Å². The Labute approximate surface area is 117 Å². The third-order valence-corrected chi connectivity index (χ3v) is 3.31. The minimum absolute atomic E-state index is 0.130. The Kier molecular flexibility index (Phi) is 7.25. The van der Waals surface area contributed by atoms with Crippen LogP contribution in [0.15, 0.2) is 24.3 Å². The van der Waals surface area contributed by atoms with E-state index in [4.69, 9.17) is 5.11 Å². The Balaban J connectivity index is 2.55. The third kappa shape index (κ3) is 5.92. The molecule has 1 unspecified atom stereocenters. The van der Waals surface area contributed by atoms with Crippen LogP contribution in [0, 0.1) is 11.8 Å². The molecule has 19 heavy (non-hydrogen) atoms. The van der Waals surface area contributed by atoms with Crippen LogP contribution in [0.1, 0.15) is 44.2 Å². The second kappa shape index (κ2) is 8.74. The van der Waals surface area contributed by atoms with E-state index in [1.807, 2.05) is 0 Å². The van der Waals surface area contributed by atoms with Crippen LogP contribution >= 0.6 is 0 Å². The number of aliphatic hydroxyl groups excluding tert-OH is 1. The molecule has 0 saturated heterocycles. The molecular formula is C17H25NO. The van der Waals surface area contributed by atoms with Crippen molar-refractivity contribution in [2.75, 3.05) is 13.7 Å². The van der Waals surface area contributed by atoms with Gasteiger partial charge in [-0.05, 0) is 38.1 Å². The maximum Gasteiger partial charge on any atom is 0.0540 e. The van der Waals surface area contributed by atoms with Gasteiger partial charge >= 0.3 is 0 Å². The summed E-state index contributed by atoms with van der Waals surface area (Å²) < 4.78 is 0. The summed E-state index contributed by atoms with van der Waals surface area (Å²) in [6.07, 6.45) is 3.01. The largest absolute Gasteiger partial charge is 0.395 e. The maximum absolute atomic E-state index is 8.68. The van der Waals surface area contributed by atoms with Gasteiger partial charge in [0, 0.05) is 24.6 Å². The molecule has 1 aromatic rings. The van der Waals surface area contributed by atoms with Gasteiger partial charge in [-0.25, -0.2) is 0 Å². The molecule has 2 nitrogen and oxygen atoms in total. The molecule has 1 N–H and O–H groups in total. The van der Waals surface area contributed by atoms with E-state index in [1.54, 1.807) is 0 Å². The fourth-order valence-electron chi connectivity index (χ4n) is 2.00. The molecular weight excluding hydrogens is 234 g/mol. The van der Waals surface area contributed by atoms with Crippen molar-refractivity contribution in [3.63, 3.8) is 0 Å². The van der Waals surface area contributed by atoms with Gasteiger partial charge in [0.25, 0.3) is 0 Å². The van der Waals surface area contributed by atoms with Crippen molar-refractivity contribution in [1.82, 2.24) is 4.90 Å². The second-order valence-corrected chi connectivity index (χ2v) is 5.03. The van der Waals surface area contributed by atoms with E-state index in [1.165, 1.54) is 18.4 Å². The van der Waals surface area contributed by atoms with Crippen molar-refractivity contribution in [2.45, 2.75) is 45.7 Å². The molecule has 0 spiro atoms. The highest BCUT2D eigenvalue weighted by atomic mass is 16.2. The summed E-state index contributed by atoms with van der Waals surface area (Å²) in [5, 5.41) is 8.68. The van der Waals surface area contributed by atoms with E-state index in [2.05, 4.69) is 61.9 Å². The second-order valence-electron chi connectivity index (χ2n) is 5.03. The number of benzene rings is 1. The van der Waals surface area contributed by atoms with E-state index < -0.39 is 0 Å². The van der Waals surface area contributed by atoms with Crippen LogP contribution in [0.5, 0.6) is 0 Å². The molecule has 1 aromatic carbocycles. The average Bonchev–Trinajstić information content (AvgIpc) is 2.41. The predicted octanol–water partition coefficient (Wildman–Crippen LogP) is 3.04. The van der Waals surface area contributed by atoms with Crippen molar-refractivity contribution in [2.24, 2.45) is 0 Å². The normalized spacial score (nSPS) is 12.1. The molecule has 0 heterocycles. The highest BCUT2D eigenvalue weighted by Crippen LogP contribution is 2.10. The number of hydrogen-bond donors (Lipinski definition) is 1. The summed E-state index contributed by atoms with van der Waals surface area (Å²) in [6.45, 7) is 5.61. The summed E-state index contributed by atoms with van der Waals surface area (Å²) in [6, 6.07) is 9.00. The molecule has 0 aliphatic heterocycles. The van der Waals surface area contributed by atoms with Crippen LogP contribution in [0.3, 0.4) is 0 Å². The quantitative estimate of drug-likeness (QED) is 0.794. The van der Waals surface area contributed by atoms with Gasteiger partial charge in [0.05, 0.1) is 6.61 Å². The van der Waals surface area contributed by atoms with Crippen molar-refractivity contribution in [1.29, 1.82) is 0 Å². The van der Waals surface area contributed by atoms with Crippen LogP contribution in [0.25, 0.3) is 0 Å². The van der Waals surface area contributed by atoms with Crippen LogP contribution in [-0.4, -0.2) is 29.7 Å². The highest BCUT2D eigenvalue weighted by Gasteiger charge is 2.08. The van der Waals surface area contributed by atoms with E-state index in [0.717, 1.165) is 12.1 Å². The molecule has 104 valence electrons. The summed E-state index contributed by atoms with van der Waals surface area (Å²) in [7, 11) is 2.18. The van der Waals surface area contributed by atoms with Gasteiger partial charge in [0.2, 0.25) is 0 Å². The standard InChI is InChI=1S/C17H25NO/c1-4-7-15(2)18(3)14-17-11-9-16(10-12-17)8-5-6-13-19/h9-12,15,19H,4,6-7,13-14H2,1-3H3. The van der Waals surface area contributed by atoms with Gasteiger partial charge in [-0.2, -0.15) is 0 Å². The maximum atomic E-state index is 8.68. The van der Waals surface area contributed by atoms with Crippen LogP contribution in [-0.2, 0) is 6.54 Å². The lowest BCUT2D eigenvalue weighted by atomic mass is 10.1. The first-order valence-corrected chi connectivity index (χ1v) is 7.06. The molecule has 0 bridgehead atoms. The minimum Gasteiger partial charge on any atom is -0.395 e. The van der Waals surface area contributed by atoms with Crippen molar-refractivity contribution >= 4 is 0 Å². The summed E-state index contributed by atoms with van der Waals surface area (Å²) in [5.41, 5.74) is 2.33. The fourth-order valence-corrected chi connectivity index (χ4v) is 2.00. The van der Waals surface area contributed by atoms with Gasteiger partial charge in [-0.15, -0.1) is 0 Å². The SMILES string of the molecule is CCCC(C)N(C)Cc1ccc(C#CCCO)cc1. The number of rotatable bonds is 6. The summed E-state index contributed by atoms with van der Waals surface area (Å²) in [5.74, 6) is 5.98. The molecule has 0 aromatic heterocycles. The average molecular weight is 259 g/mol. The number of aliphatic hydroxyl groups is 1. The van der Waals surface area contributed by atoms with Gasteiger partial charge in [0.1, 0.15) is 0 Å². The molecule has 0 radical (unpaired) electrons. The smallest absolute Gasteiger partial charge is 0.0540 e. The van der Waals surface area contributed by atoms with E-state index in [9.17, 15) is 0 Å². The molecule has 0 aliphatic rings. The lowest BCUT2D eigenvalue weighted by molar-refractivity contribution is 0.237. The molecule has 2 heteroatoms. The van der Waals surface area contributed by atoms with Crippen molar-refractivity contribution in [3.8, 4) is 11.8 Å². The molecule has 0 saturated carbocycles. The predicted molar refractivity (Wildman–Crippen MR) is 80.9 cm³/mol. The molecule has 0 amide bonds. The van der Waals surface area contributed by atoms with Gasteiger partial charge < -0.3 is 5.11 Å². The van der Waals surface area contributed by atoms with Gasteiger partial charge in [-0.3, -0.25) is 4.90 Å². The highest BCUT2D eigenvalue weighted by molar-refractivity contribution is 5.36. The lowest BCUT2D eigenvalue weighted by Crippen LogP contribution is -2.28. The Morgan fingerprint density at radius 2 is 1.95 bits per heavy atom. The van der Waals surface area contributed by atoms with Crippen molar-refractivity contribution in [3.05, 3.63) is 35.4 Å². The molecule has 1 atom stereocenters. The van der Waals surface area contributed by atoms with E-state index in [-0.39, 0.29) is 6.61 Å². The zero-order valence-corrected chi connectivity index (χ0v) is 12.3. The first-order chi connectivity index (χ1) is 9.17. The molecule has 0 fully saturated rings. The molecule has 1 rings (SSSR count). The third-order valence-electron chi connectivity index (χ3n) is 3.31. The fraction of sp³-hybridized carbons (Fsp3) is 0.529. The first kappa shape index (κ1) is 15.8. The number of hydrogen-bond acceptors (Lipinski definition) is 2. The Morgan fingerprint density at radius 3 is 2.53 bits per heavy atom. The monoisotopic (exact) mass is 259 g/mol. The molecule has 0 aliphatic carbocycles. The summed E-state index contributed by atoms with van der Waals surface area (Å²) >= 11 is 0. The minimum atomic E-state index is 0.130. The summed E-state index contributed by atoms with van der Waals surface area (Å²) in [4.78, 5) is 2.38. The topological polar surface area (TPSA) is 23.5 Å².